The number of amides is 1. The molecule has 0 fully saturated rings. The second-order valence-corrected chi connectivity index (χ2v) is 5.84. The molecule has 23 heavy (non-hydrogen) atoms. The minimum atomic E-state index is -0.441. The molecule has 1 aliphatic heterocycles. The van der Waals surface area contributed by atoms with Gasteiger partial charge in [0.15, 0.2) is 5.66 Å². The third-order valence-electron chi connectivity index (χ3n) is 3.79. The van der Waals surface area contributed by atoms with Crippen molar-refractivity contribution in [2.45, 2.75) is 37.9 Å². The van der Waals surface area contributed by atoms with Gasteiger partial charge in [-0.1, -0.05) is 6.07 Å². The molecule has 0 radical (unpaired) electrons. The Balaban J connectivity index is 1.77. The van der Waals surface area contributed by atoms with Gasteiger partial charge in [0.05, 0.1) is 5.69 Å². The molecule has 1 aromatic rings. The van der Waals surface area contributed by atoms with Crippen LogP contribution in [-0.2, 0) is 11.3 Å². The Kier molecular flexibility index (Phi) is 5.32. The molecule has 1 aromatic carbocycles. The van der Waals surface area contributed by atoms with E-state index < -0.39 is 5.66 Å². The second-order valence-electron chi connectivity index (χ2n) is 5.84. The van der Waals surface area contributed by atoms with E-state index in [4.69, 9.17) is 6.42 Å². The van der Waals surface area contributed by atoms with Crippen LogP contribution in [0.15, 0.2) is 28.4 Å². The summed E-state index contributed by atoms with van der Waals surface area (Å²) >= 11 is 0. The van der Waals surface area contributed by atoms with Gasteiger partial charge < -0.3 is 10.2 Å². The molecule has 0 atom stereocenters. The molecule has 0 bridgehead atoms. The van der Waals surface area contributed by atoms with Crippen molar-refractivity contribution in [3.05, 3.63) is 29.6 Å². The zero-order chi connectivity index (χ0) is 16.9. The fourth-order valence-electron chi connectivity index (χ4n) is 2.29. The molecule has 0 saturated carbocycles. The molecule has 1 N–H and O–H groups in total. The van der Waals surface area contributed by atoms with Gasteiger partial charge in [-0.05, 0) is 17.7 Å². The van der Waals surface area contributed by atoms with Crippen LogP contribution in [0.1, 0.15) is 31.2 Å². The molecule has 0 saturated heterocycles. The monoisotopic (exact) mass is 316 g/mol. The number of benzene rings is 1. The molecule has 6 heteroatoms. The SMILES string of the molecule is C#CCCC1(CCC(=O)NCc2ccc(N(C)C)c(F)c2)N=N1. The van der Waals surface area contributed by atoms with Crippen LogP contribution in [0.3, 0.4) is 0 Å². The van der Waals surface area contributed by atoms with Gasteiger partial charge in [-0.15, -0.1) is 12.3 Å². The first-order valence-corrected chi connectivity index (χ1v) is 7.56. The fraction of sp³-hybridized carbons (Fsp3) is 0.471. The van der Waals surface area contributed by atoms with Gasteiger partial charge in [-0.3, -0.25) is 4.79 Å². The van der Waals surface area contributed by atoms with Crippen LogP contribution in [0.2, 0.25) is 0 Å². The minimum Gasteiger partial charge on any atom is -0.375 e. The highest BCUT2D eigenvalue weighted by Crippen LogP contribution is 2.37. The lowest BCUT2D eigenvalue weighted by molar-refractivity contribution is -0.121. The average Bonchev–Trinajstić information content (AvgIpc) is 3.29. The summed E-state index contributed by atoms with van der Waals surface area (Å²) < 4.78 is 13.9. The third kappa shape index (κ3) is 4.78. The fourth-order valence-corrected chi connectivity index (χ4v) is 2.29. The maximum absolute atomic E-state index is 13.9. The highest BCUT2D eigenvalue weighted by molar-refractivity contribution is 5.76. The van der Waals surface area contributed by atoms with E-state index in [9.17, 15) is 9.18 Å². The number of anilines is 1. The zero-order valence-electron chi connectivity index (χ0n) is 13.5. The van der Waals surface area contributed by atoms with Gasteiger partial charge in [-0.2, -0.15) is 10.2 Å². The Hall–Kier alpha value is -2.42. The van der Waals surface area contributed by atoms with Crippen molar-refractivity contribution >= 4 is 11.6 Å². The normalized spacial score (nSPS) is 14.2. The van der Waals surface area contributed by atoms with E-state index in [-0.39, 0.29) is 11.7 Å². The van der Waals surface area contributed by atoms with Gasteiger partial charge in [0, 0.05) is 46.3 Å². The first-order valence-electron chi connectivity index (χ1n) is 7.56. The first-order chi connectivity index (χ1) is 11.0. The number of halogens is 1. The van der Waals surface area contributed by atoms with E-state index >= 15 is 0 Å². The Morgan fingerprint density at radius 2 is 2.13 bits per heavy atom. The van der Waals surface area contributed by atoms with Crippen molar-refractivity contribution in [3.8, 4) is 12.3 Å². The zero-order valence-corrected chi connectivity index (χ0v) is 13.5. The van der Waals surface area contributed by atoms with E-state index in [0.29, 0.717) is 37.9 Å². The average molecular weight is 316 g/mol. The number of terminal acetylenes is 1. The van der Waals surface area contributed by atoms with Gasteiger partial charge >= 0.3 is 0 Å². The van der Waals surface area contributed by atoms with Crippen molar-refractivity contribution in [2.75, 3.05) is 19.0 Å². The number of nitrogens with one attached hydrogen (secondary N) is 1. The summed E-state index contributed by atoms with van der Waals surface area (Å²) in [5.74, 6) is 2.16. The third-order valence-corrected chi connectivity index (χ3v) is 3.79. The molecule has 2 rings (SSSR count). The van der Waals surface area contributed by atoms with Crippen LogP contribution in [0.25, 0.3) is 0 Å². The van der Waals surface area contributed by atoms with E-state index in [0.717, 1.165) is 5.56 Å². The first kappa shape index (κ1) is 16.9. The quantitative estimate of drug-likeness (QED) is 0.750. The van der Waals surface area contributed by atoms with E-state index in [2.05, 4.69) is 21.5 Å². The van der Waals surface area contributed by atoms with Crippen molar-refractivity contribution in [2.24, 2.45) is 10.2 Å². The maximum atomic E-state index is 13.9. The number of hydrogen-bond donors (Lipinski definition) is 1. The lowest BCUT2D eigenvalue weighted by Crippen LogP contribution is -2.25. The van der Waals surface area contributed by atoms with E-state index in [1.807, 2.05) is 0 Å². The van der Waals surface area contributed by atoms with E-state index in [1.54, 1.807) is 31.1 Å². The van der Waals surface area contributed by atoms with Crippen LogP contribution < -0.4 is 10.2 Å². The van der Waals surface area contributed by atoms with E-state index in [1.165, 1.54) is 6.07 Å². The lowest BCUT2D eigenvalue weighted by Gasteiger charge is -2.14. The smallest absolute Gasteiger partial charge is 0.220 e. The molecular formula is C17H21FN4O. The van der Waals surface area contributed by atoms with Crippen LogP contribution in [0.4, 0.5) is 10.1 Å². The Morgan fingerprint density at radius 3 is 2.70 bits per heavy atom. The van der Waals surface area contributed by atoms with Crippen LogP contribution >= 0.6 is 0 Å². The largest absolute Gasteiger partial charge is 0.375 e. The summed E-state index contributed by atoms with van der Waals surface area (Å²) in [4.78, 5) is 13.6. The Morgan fingerprint density at radius 1 is 1.39 bits per heavy atom. The molecule has 5 nitrogen and oxygen atoms in total. The topological polar surface area (TPSA) is 57.1 Å². The van der Waals surface area contributed by atoms with Crippen molar-refractivity contribution < 1.29 is 9.18 Å². The van der Waals surface area contributed by atoms with Crippen molar-refractivity contribution in [1.82, 2.24) is 5.32 Å². The van der Waals surface area contributed by atoms with Crippen LogP contribution in [-0.4, -0.2) is 25.7 Å². The number of carbonyl (C=O) groups is 1. The number of rotatable bonds is 8. The predicted octanol–water partition coefficient (Wildman–Crippen LogP) is 2.86. The second kappa shape index (κ2) is 7.23. The van der Waals surface area contributed by atoms with Gasteiger partial charge in [-0.25, -0.2) is 4.39 Å². The lowest BCUT2D eigenvalue weighted by atomic mass is 10.0. The highest BCUT2D eigenvalue weighted by atomic mass is 19.1. The molecule has 122 valence electrons. The van der Waals surface area contributed by atoms with Crippen molar-refractivity contribution in [1.29, 1.82) is 0 Å². The summed E-state index contributed by atoms with van der Waals surface area (Å²) in [6.45, 7) is 0.301. The summed E-state index contributed by atoms with van der Waals surface area (Å²) in [6.07, 6.45) is 7.41. The standard InChI is InChI=1S/C17H21FN4O/c1-4-5-9-17(20-21-17)10-8-16(23)19-12-13-6-7-15(22(2)3)14(18)11-13/h1,6-7,11H,5,8-10,12H2,2-3H3,(H,19,23). The molecule has 0 aromatic heterocycles. The molecule has 0 spiro atoms. The molecule has 1 amide bonds. The van der Waals surface area contributed by atoms with Crippen LogP contribution in [0.5, 0.6) is 0 Å². The van der Waals surface area contributed by atoms with Gasteiger partial charge in [0.2, 0.25) is 5.91 Å². The minimum absolute atomic E-state index is 0.0977. The Bertz CT molecular complexity index is 642. The molecule has 0 unspecified atom stereocenters. The molecule has 0 aliphatic carbocycles. The number of carbonyl (C=O) groups excluding carboxylic acids is 1. The summed E-state index contributed by atoms with van der Waals surface area (Å²) in [6, 6.07) is 4.95. The Labute approximate surface area is 136 Å². The molecular weight excluding hydrogens is 295 g/mol. The van der Waals surface area contributed by atoms with Crippen LogP contribution in [0, 0.1) is 18.2 Å². The van der Waals surface area contributed by atoms with Gasteiger partial charge in [0.25, 0.3) is 0 Å². The summed E-state index contributed by atoms with van der Waals surface area (Å²) in [7, 11) is 3.56. The number of nitrogens with zero attached hydrogens (tertiary/aromatic N) is 3. The highest BCUT2D eigenvalue weighted by Gasteiger charge is 2.39. The number of hydrogen-bond acceptors (Lipinski definition) is 4. The predicted molar refractivity (Wildman–Crippen MR) is 87.5 cm³/mol. The maximum Gasteiger partial charge on any atom is 0.220 e. The molecule has 1 aliphatic rings. The molecule has 1 heterocycles. The summed E-state index contributed by atoms with van der Waals surface area (Å²) in [5, 5.41) is 10.8. The van der Waals surface area contributed by atoms with Gasteiger partial charge in [0.1, 0.15) is 5.82 Å². The van der Waals surface area contributed by atoms with Crippen molar-refractivity contribution in [3.63, 3.8) is 0 Å². The summed E-state index contributed by atoms with van der Waals surface area (Å²) in [5.41, 5.74) is 0.806.